The van der Waals surface area contributed by atoms with Crippen LogP contribution in [0.15, 0.2) is 46.0 Å². The number of fused-ring (bicyclic) bond motifs is 3. The number of allylic oxidation sites excluding steroid dienone is 1. The number of carbonyl (C=O) groups is 2. The van der Waals surface area contributed by atoms with Crippen molar-refractivity contribution in [3.05, 3.63) is 63.7 Å². The van der Waals surface area contributed by atoms with Crippen molar-refractivity contribution in [1.82, 2.24) is 5.16 Å². The first-order chi connectivity index (χ1) is 19.2. The standard InChI is InChI=1S/C31H33ClFNO7/c1-13-11-30-14(2)9-18-23(29(18,4)5)17(26(30)37)10-16(12-35)25(36)31(30,39)27(13)40-28(38)21-15(3)41-34-24(21)22-19(32)7-6-8-20(22)33/h6-8,10-11,14,17-18,23,25,27,35-36,39H,9,12H2,1-5H3/t14?,17-,18+,23-,25+,27-,30?,31-/m0/s1. The lowest BCUT2D eigenvalue weighted by atomic mass is 9.59. The Morgan fingerprint density at radius 2 is 2.00 bits per heavy atom. The second-order valence-electron chi connectivity index (χ2n) is 12.7. The molecule has 1 aromatic carbocycles. The molecule has 4 aliphatic rings. The summed E-state index contributed by atoms with van der Waals surface area (Å²) < 4.78 is 26.0. The highest BCUT2D eigenvalue weighted by atomic mass is 35.5. The molecule has 0 amide bonds. The predicted octanol–water partition coefficient (Wildman–Crippen LogP) is 4.44. The Morgan fingerprint density at radius 3 is 2.66 bits per heavy atom. The molecule has 2 fully saturated rings. The smallest absolute Gasteiger partial charge is 0.344 e. The molecule has 0 radical (unpaired) electrons. The maximum atomic E-state index is 14.8. The van der Waals surface area contributed by atoms with Gasteiger partial charge in [-0.25, -0.2) is 9.18 Å². The fourth-order valence-electron chi connectivity index (χ4n) is 8.27. The largest absolute Gasteiger partial charge is 0.451 e. The summed E-state index contributed by atoms with van der Waals surface area (Å²) in [7, 11) is 0. The quantitative estimate of drug-likeness (QED) is 0.355. The summed E-state index contributed by atoms with van der Waals surface area (Å²) in [5, 5.41) is 38.5. The molecule has 1 heterocycles. The molecule has 0 saturated heterocycles. The van der Waals surface area contributed by atoms with Crippen LogP contribution in [0.5, 0.6) is 0 Å². The van der Waals surface area contributed by atoms with Crippen LogP contribution in [0.1, 0.15) is 50.2 Å². The van der Waals surface area contributed by atoms with E-state index in [1.807, 2.05) is 6.92 Å². The Morgan fingerprint density at radius 1 is 1.29 bits per heavy atom. The van der Waals surface area contributed by atoms with E-state index in [4.69, 9.17) is 20.9 Å². The van der Waals surface area contributed by atoms with E-state index < -0.39 is 53.5 Å². The minimum Gasteiger partial charge on any atom is -0.451 e. The van der Waals surface area contributed by atoms with Crippen LogP contribution in [0.3, 0.4) is 0 Å². The highest BCUT2D eigenvalue weighted by Gasteiger charge is 2.76. The van der Waals surface area contributed by atoms with Crippen LogP contribution in [0.25, 0.3) is 11.3 Å². The van der Waals surface area contributed by atoms with Gasteiger partial charge in [-0.05, 0) is 66.7 Å². The van der Waals surface area contributed by atoms with E-state index in [1.165, 1.54) is 25.1 Å². The molecule has 41 heavy (non-hydrogen) atoms. The van der Waals surface area contributed by atoms with Crippen LogP contribution in [0.2, 0.25) is 5.02 Å². The van der Waals surface area contributed by atoms with Crippen molar-refractivity contribution in [1.29, 1.82) is 0 Å². The van der Waals surface area contributed by atoms with E-state index in [0.29, 0.717) is 12.0 Å². The summed E-state index contributed by atoms with van der Waals surface area (Å²) in [4.78, 5) is 28.3. The second kappa shape index (κ2) is 9.07. The number of aliphatic hydroxyl groups excluding tert-OH is 2. The molecule has 2 unspecified atom stereocenters. The molecule has 2 saturated carbocycles. The average Bonchev–Trinajstić information content (AvgIpc) is 3.17. The van der Waals surface area contributed by atoms with Gasteiger partial charge in [0.2, 0.25) is 0 Å². The predicted molar refractivity (Wildman–Crippen MR) is 146 cm³/mol. The summed E-state index contributed by atoms with van der Waals surface area (Å²) >= 11 is 6.24. The number of aliphatic hydroxyl groups is 3. The normalized spacial score (nSPS) is 36.9. The molecule has 2 aromatic rings. The Balaban J connectivity index is 1.46. The maximum absolute atomic E-state index is 14.8. The topological polar surface area (TPSA) is 130 Å². The summed E-state index contributed by atoms with van der Waals surface area (Å²) in [6.45, 7) is 8.61. The van der Waals surface area contributed by atoms with E-state index in [-0.39, 0.29) is 56.2 Å². The van der Waals surface area contributed by atoms with Crippen molar-refractivity contribution in [2.45, 2.75) is 58.8 Å². The van der Waals surface area contributed by atoms with Crippen LogP contribution in [-0.2, 0) is 9.53 Å². The molecule has 1 aromatic heterocycles. The van der Waals surface area contributed by atoms with Crippen molar-refractivity contribution < 1.29 is 38.6 Å². The minimum atomic E-state index is -2.31. The molecule has 8 atom stereocenters. The van der Waals surface area contributed by atoms with Crippen molar-refractivity contribution in [2.75, 3.05) is 6.61 Å². The second-order valence-corrected chi connectivity index (χ2v) is 13.1. The van der Waals surface area contributed by atoms with Gasteiger partial charge in [0.25, 0.3) is 0 Å². The third-order valence-electron chi connectivity index (χ3n) is 10.4. The van der Waals surface area contributed by atoms with Crippen LogP contribution >= 0.6 is 11.6 Å². The van der Waals surface area contributed by atoms with E-state index in [1.54, 1.807) is 19.1 Å². The number of ether oxygens (including phenoxy) is 1. The fourth-order valence-corrected chi connectivity index (χ4v) is 8.52. The van der Waals surface area contributed by atoms with Crippen molar-refractivity contribution in [3.8, 4) is 11.3 Å². The number of aryl methyl sites for hydroxylation is 1. The number of esters is 1. The molecule has 2 bridgehead atoms. The Labute approximate surface area is 241 Å². The number of ketones is 1. The van der Waals surface area contributed by atoms with E-state index >= 15 is 0 Å². The highest BCUT2D eigenvalue weighted by molar-refractivity contribution is 6.33. The monoisotopic (exact) mass is 585 g/mol. The number of nitrogens with zero attached hydrogens (tertiary/aromatic N) is 1. The number of rotatable bonds is 4. The molecule has 4 aliphatic carbocycles. The fraction of sp³-hybridized carbons (Fsp3) is 0.516. The molecule has 3 N–H and O–H groups in total. The van der Waals surface area contributed by atoms with Gasteiger partial charge in [-0.1, -0.05) is 55.7 Å². The molecule has 0 aliphatic heterocycles. The van der Waals surface area contributed by atoms with Gasteiger partial charge >= 0.3 is 5.97 Å². The van der Waals surface area contributed by atoms with Crippen molar-refractivity contribution in [2.24, 2.45) is 34.5 Å². The number of benzene rings is 1. The van der Waals surface area contributed by atoms with E-state index in [9.17, 15) is 29.3 Å². The number of aromatic nitrogens is 1. The Kier molecular flexibility index (Phi) is 6.26. The molecule has 6 rings (SSSR count). The van der Waals surface area contributed by atoms with Crippen LogP contribution < -0.4 is 0 Å². The SMILES string of the molecule is CC1=CC23C(=O)[C@@H](C=C(CO)[C@@H](O)[C@]2(O)[C@H]1OC(=O)c1c(-c2c(F)cccc2Cl)noc1C)[C@H]1[C@@H](CC3C)C1(C)C. The van der Waals surface area contributed by atoms with Crippen LogP contribution in [0.4, 0.5) is 4.39 Å². The minimum absolute atomic E-state index is 0.00374. The lowest BCUT2D eigenvalue weighted by Crippen LogP contribution is -2.65. The molecule has 10 heteroatoms. The van der Waals surface area contributed by atoms with Gasteiger partial charge < -0.3 is 24.6 Å². The van der Waals surface area contributed by atoms with Crippen molar-refractivity contribution >= 4 is 23.4 Å². The highest BCUT2D eigenvalue weighted by Crippen LogP contribution is 2.71. The third kappa shape index (κ3) is 3.52. The molecular weight excluding hydrogens is 553 g/mol. The number of hydrogen-bond donors (Lipinski definition) is 3. The van der Waals surface area contributed by atoms with E-state index in [0.717, 1.165) is 0 Å². The van der Waals surface area contributed by atoms with Crippen molar-refractivity contribution in [3.63, 3.8) is 0 Å². The van der Waals surface area contributed by atoms with Gasteiger partial charge in [-0.3, -0.25) is 4.79 Å². The van der Waals surface area contributed by atoms with Gasteiger partial charge in [0.15, 0.2) is 17.5 Å². The third-order valence-corrected chi connectivity index (χ3v) is 10.7. The Bertz CT molecular complexity index is 1520. The zero-order valence-corrected chi connectivity index (χ0v) is 24.2. The summed E-state index contributed by atoms with van der Waals surface area (Å²) in [6.07, 6.45) is 0.709. The first-order valence-corrected chi connectivity index (χ1v) is 14.2. The summed E-state index contributed by atoms with van der Waals surface area (Å²) in [5.74, 6) is -2.78. The molecule has 1 spiro atoms. The number of hydrogen-bond acceptors (Lipinski definition) is 8. The Hall–Kier alpha value is -2.85. The van der Waals surface area contributed by atoms with Gasteiger partial charge in [-0.2, -0.15) is 0 Å². The van der Waals surface area contributed by atoms with Gasteiger partial charge in [0.1, 0.15) is 28.9 Å². The van der Waals surface area contributed by atoms with Gasteiger partial charge in [0.05, 0.1) is 22.6 Å². The average molecular weight is 586 g/mol. The van der Waals surface area contributed by atoms with Gasteiger partial charge in [-0.15, -0.1) is 0 Å². The number of halogens is 2. The van der Waals surface area contributed by atoms with Gasteiger partial charge in [0, 0.05) is 5.92 Å². The summed E-state index contributed by atoms with van der Waals surface area (Å²) in [6, 6.07) is 4.03. The maximum Gasteiger partial charge on any atom is 0.344 e. The summed E-state index contributed by atoms with van der Waals surface area (Å²) in [5.41, 5.74) is -4.03. The van der Waals surface area contributed by atoms with Crippen LogP contribution in [-0.4, -0.2) is 56.6 Å². The zero-order chi connectivity index (χ0) is 29.8. The van der Waals surface area contributed by atoms with E-state index in [2.05, 4.69) is 19.0 Å². The molecule has 8 nitrogen and oxygen atoms in total. The first kappa shape index (κ1) is 28.3. The molecular formula is C31H33ClFNO7. The molecule has 218 valence electrons. The number of Topliss-reactive ketones (excluding diaryl/α,β-unsaturated/α-hetero) is 1. The lowest BCUT2D eigenvalue weighted by Gasteiger charge is -2.48. The van der Waals surface area contributed by atoms with Crippen LogP contribution in [0, 0.1) is 47.2 Å². The number of carbonyl (C=O) groups excluding carboxylic acids is 2. The first-order valence-electron chi connectivity index (χ1n) is 13.8. The zero-order valence-electron chi connectivity index (χ0n) is 23.4. The lowest BCUT2D eigenvalue weighted by molar-refractivity contribution is -0.190.